The van der Waals surface area contributed by atoms with Crippen molar-refractivity contribution in [3.05, 3.63) is 54.0 Å². The monoisotopic (exact) mass is 412 g/mol. The number of carbonyl (C=O) groups is 1. The first-order valence-corrected chi connectivity index (χ1v) is 10.0. The van der Waals surface area contributed by atoms with Crippen molar-refractivity contribution in [3.63, 3.8) is 0 Å². The SMILES string of the molecule is N#Cc1ccc(CC(=O)N2CC(=N)C3CC(CN3c3ncnc4[nH]ccc34)C2=N)cc1. The number of carbonyl (C=O) groups excluding carboxylic acids is 1. The van der Waals surface area contributed by atoms with Crippen molar-refractivity contribution in [1.82, 2.24) is 19.9 Å². The molecule has 2 aliphatic rings. The third kappa shape index (κ3) is 3.22. The number of hydrogen-bond donors (Lipinski definition) is 3. The van der Waals surface area contributed by atoms with Crippen molar-refractivity contribution in [2.24, 2.45) is 5.92 Å². The zero-order valence-corrected chi connectivity index (χ0v) is 16.7. The van der Waals surface area contributed by atoms with Gasteiger partial charge in [-0.25, -0.2) is 9.97 Å². The first kappa shape index (κ1) is 18.9. The van der Waals surface area contributed by atoms with Crippen LogP contribution >= 0.6 is 0 Å². The van der Waals surface area contributed by atoms with Gasteiger partial charge in [-0.1, -0.05) is 12.1 Å². The van der Waals surface area contributed by atoms with Crippen molar-refractivity contribution >= 4 is 34.3 Å². The van der Waals surface area contributed by atoms with E-state index in [1.54, 1.807) is 24.3 Å². The lowest BCUT2D eigenvalue weighted by Crippen LogP contribution is -2.48. The number of fused-ring (bicyclic) bond motifs is 3. The van der Waals surface area contributed by atoms with Crippen LogP contribution < -0.4 is 4.90 Å². The fourth-order valence-electron chi connectivity index (χ4n) is 4.46. The van der Waals surface area contributed by atoms with Crippen LogP contribution in [0.5, 0.6) is 0 Å². The van der Waals surface area contributed by atoms with E-state index in [2.05, 4.69) is 25.9 Å². The highest BCUT2D eigenvalue weighted by Gasteiger charge is 2.44. The molecule has 2 unspecified atom stereocenters. The van der Waals surface area contributed by atoms with Gasteiger partial charge in [0.15, 0.2) is 0 Å². The number of amides is 1. The van der Waals surface area contributed by atoms with E-state index >= 15 is 0 Å². The number of nitrogens with zero attached hydrogens (tertiary/aromatic N) is 5. The highest BCUT2D eigenvalue weighted by atomic mass is 16.2. The fourth-order valence-corrected chi connectivity index (χ4v) is 4.46. The Bertz CT molecular complexity index is 1240. The van der Waals surface area contributed by atoms with Crippen LogP contribution in [0.25, 0.3) is 11.0 Å². The molecule has 1 amide bonds. The number of benzene rings is 1. The number of aromatic nitrogens is 3. The normalized spacial score (nSPS) is 20.7. The van der Waals surface area contributed by atoms with Crippen molar-refractivity contribution < 1.29 is 4.79 Å². The molecule has 2 fully saturated rings. The highest BCUT2D eigenvalue weighted by Crippen LogP contribution is 2.35. The maximum absolute atomic E-state index is 13.0. The number of H-pyrrole nitrogens is 1. The Labute approximate surface area is 178 Å². The molecule has 0 radical (unpaired) electrons. The summed E-state index contributed by atoms with van der Waals surface area (Å²) in [5.74, 6) is 0.664. The Morgan fingerprint density at radius 1 is 1.23 bits per heavy atom. The standard InChI is InChI=1S/C22H20N8O/c23-9-14-3-1-13(2-4-14)7-19(31)30-11-17(24)18-8-15(20(30)25)10-29(18)22-16-5-6-26-21(16)27-12-28-22/h1-6,12,15,18,24-25H,7-8,10-11H2,(H,26,27,28). The highest BCUT2D eigenvalue weighted by molar-refractivity contribution is 6.07. The molecule has 5 rings (SSSR count). The summed E-state index contributed by atoms with van der Waals surface area (Å²) in [5, 5.41) is 27.2. The molecule has 0 aliphatic carbocycles. The van der Waals surface area contributed by atoms with Crippen LogP contribution in [0, 0.1) is 28.1 Å². The maximum Gasteiger partial charge on any atom is 0.232 e. The van der Waals surface area contributed by atoms with Gasteiger partial charge >= 0.3 is 0 Å². The third-order valence-corrected chi connectivity index (χ3v) is 6.05. The number of nitrogens with one attached hydrogen (secondary N) is 3. The molecule has 9 nitrogen and oxygen atoms in total. The van der Waals surface area contributed by atoms with Crippen LogP contribution in [0.3, 0.4) is 0 Å². The van der Waals surface area contributed by atoms with Gasteiger partial charge < -0.3 is 15.3 Å². The molecule has 0 spiro atoms. The van der Waals surface area contributed by atoms with E-state index in [1.165, 1.54) is 11.2 Å². The predicted molar refractivity (Wildman–Crippen MR) is 115 cm³/mol. The molecular formula is C22H20N8O. The van der Waals surface area contributed by atoms with E-state index in [9.17, 15) is 4.79 Å². The molecule has 4 heterocycles. The summed E-state index contributed by atoms with van der Waals surface area (Å²) < 4.78 is 0. The summed E-state index contributed by atoms with van der Waals surface area (Å²) in [6.07, 6.45) is 4.08. The molecule has 0 saturated carbocycles. The number of nitriles is 1. The van der Waals surface area contributed by atoms with Gasteiger partial charge in [-0.15, -0.1) is 0 Å². The van der Waals surface area contributed by atoms with Gasteiger partial charge in [-0.3, -0.25) is 15.1 Å². The Kier molecular flexibility index (Phi) is 4.47. The maximum atomic E-state index is 13.0. The first-order chi connectivity index (χ1) is 15.0. The average Bonchev–Trinajstić information content (AvgIpc) is 3.42. The van der Waals surface area contributed by atoms with Gasteiger partial charge in [0.25, 0.3) is 0 Å². The summed E-state index contributed by atoms with van der Waals surface area (Å²) in [6.45, 7) is 0.636. The average molecular weight is 412 g/mol. The number of anilines is 1. The van der Waals surface area contributed by atoms with Crippen molar-refractivity contribution in [3.8, 4) is 6.07 Å². The van der Waals surface area contributed by atoms with E-state index < -0.39 is 0 Å². The minimum absolute atomic E-state index is 0.104. The zero-order chi connectivity index (χ0) is 21.5. The van der Waals surface area contributed by atoms with Gasteiger partial charge in [0.1, 0.15) is 23.6 Å². The van der Waals surface area contributed by atoms with Crippen LogP contribution in [0.2, 0.25) is 0 Å². The van der Waals surface area contributed by atoms with E-state index in [-0.39, 0.29) is 36.7 Å². The lowest BCUT2D eigenvalue weighted by Gasteiger charge is -2.32. The molecule has 154 valence electrons. The van der Waals surface area contributed by atoms with E-state index in [0.29, 0.717) is 24.2 Å². The molecule has 2 aromatic heterocycles. The van der Waals surface area contributed by atoms with Crippen LogP contribution in [0.4, 0.5) is 5.82 Å². The minimum Gasteiger partial charge on any atom is -0.347 e. The van der Waals surface area contributed by atoms with E-state index in [0.717, 1.165) is 22.4 Å². The quantitative estimate of drug-likeness (QED) is 0.605. The molecule has 2 atom stereocenters. The van der Waals surface area contributed by atoms with Crippen LogP contribution in [-0.2, 0) is 11.2 Å². The third-order valence-electron chi connectivity index (χ3n) is 6.05. The number of likely N-dealkylation sites (tertiary alicyclic amines) is 1. The van der Waals surface area contributed by atoms with Gasteiger partial charge in [-0.05, 0) is 30.2 Å². The Morgan fingerprint density at radius 3 is 2.81 bits per heavy atom. The summed E-state index contributed by atoms with van der Waals surface area (Å²) in [5.41, 5.74) is 2.47. The van der Waals surface area contributed by atoms with Crippen molar-refractivity contribution in [2.45, 2.75) is 18.9 Å². The molecule has 2 bridgehead atoms. The minimum atomic E-state index is -0.203. The Morgan fingerprint density at radius 2 is 2.03 bits per heavy atom. The van der Waals surface area contributed by atoms with Crippen LogP contribution in [-0.4, -0.2) is 56.4 Å². The Balaban J connectivity index is 1.37. The largest absolute Gasteiger partial charge is 0.347 e. The fraction of sp³-hybridized carbons (Fsp3) is 0.273. The lowest BCUT2D eigenvalue weighted by atomic mass is 10.0. The van der Waals surface area contributed by atoms with E-state index in [4.69, 9.17) is 16.1 Å². The van der Waals surface area contributed by atoms with Crippen LogP contribution in [0.15, 0.2) is 42.9 Å². The van der Waals surface area contributed by atoms with Crippen LogP contribution in [0.1, 0.15) is 17.5 Å². The van der Waals surface area contributed by atoms with E-state index in [1.807, 2.05) is 12.3 Å². The molecule has 31 heavy (non-hydrogen) atoms. The molecular weight excluding hydrogens is 392 g/mol. The molecule has 1 aromatic carbocycles. The summed E-state index contributed by atoms with van der Waals surface area (Å²) in [6, 6.07) is 10.7. The molecule has 9 heteroatoms. The lowest BCUT2D eigenvalue weighted by molar-refractivity contribution is -0.126. The summed E-state index contributed by atoms with van der Waals surface area (Å²) >= 11 is 0. The number of amidine groups is 1. The first-order valence-electron chi connectivity index (χ1n) is 10.0. The molecule has 3 aromatic rings. The summed E-state index contributed by atoms with van der Waals surface area (Å²) in [7, 11) is 0. The topological polar surface area (TPSA) is 137 Å². The predicted octanol–water partition coefficient (Wildman–Crippen LogP) is 2.11. The Hall–Kier alpha value is -4.06. The zero-order valence-electron chi connectivity index (χ0n) is 16.7. The van der Waals surface area contributed by atoms with Gasteiger partial charge in [0.2, 0.25) is 5.91 Å². The van der Waals surface area contributed by atoms with Gasteiger partial charge in [0.05, 0.1) is 41.7 Å². The number of aromatic amines is 1. The van der Waals surface area contributed by atoms with Crippen molar-refractivity contribution in [2.75, 3.05) is 18.0 Å². The number of rotatable bonds is 3. The number of hydrogen-bond acceptors (Lipinski definition) is 7. The molecule has 2 aliphatic heterocycles. The van der Waals surface area contributed by atoms with Crippen molar-refractivity contribution in [1.29, 1.82) is 16.1 Å². The molecule has 2 saturated heterocycles. The molecule has 3 N–H and O–H groups in total. The van der Waals surface area contributed by atoms with Gasteiger partial charge in [-0.2, -0.15) is 5.26 Å². The second-order valence-electron chi connectivity index (χ2n) is 7.91. The second-order valence-corrected chi connectivity index (χ2v) is 7.91. The second kappa shape index (κ2) is 7.32. The summed E-state index contributed by atoms with van der Waals surface area (Å²) in [4.78, 5) is 28.3. The smallest absolute Gasteiger partial charge is 0.232 e. The van der Waals surface area contributed by atoms with Gasteiger partial charge in [0, 0.05) is 18.7 Å².